The lowest BCUT2D eigenvalue weighted by Gasteiger charge is -1.89. The van der Waals surface area contributed by atoms with Crippen LogP contribution in [0, 0.1) is 0 Å². The van der Waals surface area contributed by atoms with Gasteiger partial charge >= 0.3 is 0 Å². The van der Waals surface area contributed by atoms with E-state index in [1.165, 1.54) is 6.42 Å². The molecule has 0 radical (unpaired) electrons. The molecule has 0 saturated carbocycles. The first kappa shape index (κ1) is 13.3. The van der Waals surface area contributed by atoms with Gasteiger partial charge in [0.15, 0.2) is 0 Å². The summed E-state index contributed by atoms with van der Waals surface area (Å²) in [6.45, 7) is 8.25. The minimum absolute atomic E-state index is 0.935. The molecule has 0 aliphatic rings. The maximum Gasteiger partial charge on any atom is 0.139 e. The van der Waals surface area contributed by atoms with Gasteiger partial charge in [-0.15, -0.1) is 0 Å². The van der Waals surface area contributed by atoms with Crippen LogP contribution in [-0.4, -0.2) is 15.0 Å². The van der Waals surface area contributed by atoms with Crippen molar-refractivity contribution in [3.8, 4) is 0 Å². The summed E-state index contributed by atoms with van der Waals surface area (Å²) in [7, 11) is 0. The second kappa shape index (κ2) is 6.74. The van der Waals surface area contributed by atoms with Gasteiger partial charge in [0.05, 0.1) is 0 Å². The van der Waals surface area contributed by atoms with Gasteiger partial charge in [-0.25, -0.2) is 4.98 Å². The Morgan fingerprint density at radius 2 is 1.35 bits per heavy atom. The van der Waals surface area contributed by atoms with Crippen LogP contribution in [0.4, 0.5) is 0 Å². The lowest BCUT2D eigenvalue weighted by molar-refractivity contribution is 1.09. The van der Waals surface area contributed by atoms with E-state index >= 15 is 0 Å². The molecular weight excluding hydrogens is 210 g/mol. The maximum absolute atomic E-state index is 4.39. The SMILES string of the molecule is CC.CCC.c1cc2cc3cc[nH]c3nc2[nH]1. The van der Waals surface area contributed by atoms with Gasteiger partial charge in [-0.3, -0.25) is 0 Å². The Morgan fingerprint density at radius 1 is 0.941 bits per heavy atom. The Bertz CT molecular complexity index is 458. The molecule has 17 heavy (non-hydrogen) atoms. The fourth-order valence-electron chi connectivity index (χ4n) is 1.45. The molecule has 0 aliphatic carbocycles. The summed E-state index contributed by atoms with van der Waals surface area (Å²) >= 11 is 0. The summed E-state index contributed by atoms with van der Waals surface area (Å²) in [5.74, 6) is 0. The van der Waals surface area contributed by atoms with Gasteiger partial charge in [0, 0.05) is 23.2 Å². The quantitative estimate of drug-likeness (QED) is 0.588. The summed E-state index contributed by atoms with van der Waals surface area (Å²) in [6.07, 6.45) is 5.05. The molecule has 0 bridgehead atoms. The predicted molar refractivity (Wildman–Crippen MR) is 75.3 cm³/mol. The van der Waals surface area contributed by atoms with E-state index in [9.17, 15) is 0 Å². The summed E-state index contributed by atoms with van der Waals surface area (Å²) in [5, 5.41) is 2.31. The Balaban J connectivity index is 0.000000256. The van der Waals surface area contributed by atoms with Crippen LogP contribution in [0.15, 0.2) is 30.6 Å². The van der Waals surface area contributed by atoms with E-state index in [0.717, 1.165) is 22.1 Å². The molecule has 3 heterocycles. The van der Waals surface area contributed by atoms with E-state index < -0.39 is 0 Å². The highest BCUT2D eigenvalue weighted by Gasteiger charge is 1.99. The van der Waals surface area contributed by atoms with E-state index in [0.29, 0.717) is 0 Å². The smallest absolute Gasteiger partial charge is 0.139 e. The van der Waals surface area contributed by atoms with Gasteiger partial charge < -0.3 is 9.97 Å². The number of hydrogen-bond donors (Lipinski definition) is 2. The van der Waals surface area contributed by atoms with Gasteiger partial charge in [-0.2, -0.15) is 0 Å². The molecule has 3 aromatic rings. The topological polar surface area (TPSA) is 44.5 Å². The van der Waals surface area contributed by atoms with Crippen molar-refractivity contribution < 1.29 is 0 Å². The lowest BCUT2D eigenvalue weighted by atomic mass is 10.3. The lowest BCUT2D eigenvalue weighted by Crippen LogP contribution is -1.77. The van der Waals surface area contributed by atoms with E-state index in [1.54, 1.807) is 0 Å². The summed E-state index contributed by atoms with van der Waals surface area (Å²) in [5.41, 5.74) is 1.87. The molecule has 0 fully saturated rings. The van der Waals surface area contributed by atoms with Crippen LogP contribution in [0.5, 0.6) is 0 Å². The second-order valence-electron chi connectivity index (χ2n) is 3.53. The molecule has 0 aliphatic heterocycles. The summed E-state index contributed by atoms with van der Waals surface area (Å²) < 4.78 is 0. The molecule has 3 heteroatoms. The number of H-pyrrole nitrogens is 2. The van der Waals surface area contributed by atoms with E-state index in [2.05, 4.69) is 34.9 Å². The van der Waals surface area contributed by atoms with Crippen molar-refractivity contribution in [2.24, 2.45) is 0 Å². The number of nitrogens with one attached hydrogen (secondary N) is 2. The van der Waals surface area contributed by atoms with E-state index in [-0.39, 0.29) is 0 Å². The zero-order valence-corrected chi connectivity index (χ0v) is 11.0. The number of rotatable bonds is 0. The average Bonchev–Trinajstić information content (AvgIpc) is 2.96. The standard InChI is InChI=1S/C9H7N3.C3H8.C2H6/c1-3-10-8-6(1)5-7-2-4-11-9(7)12-8;1-3-2;1-2/h1-5H,(H2,10,11,12);3H2,1-2H3;1-2H3. The van der Waals surface area contributed by atoms with Crippen molar-refractivity contribution in [1.29, 1.82) is 0 Å². The van der Waals surface area contributed by atoms with Crippen molar-refractivity contribution in [2.45, 2.75) is 34.1 Å². The van der Waals surface area contributed by atoms with Crippen LogP contribution < -0.4 is 0 Å². The predicted octanol–water partition coefficient (Wildman–Crippen LogP) is 4.49. The number of pyridine rings is 1. The summed E-state index contributed by atoms with van der Waals surface area (Å²) in [4.78, 5) is 10.5. The van der Waals surface area contributed by atoms with Crippen LogP contribution in [0.1, 0.15) is 34.1 Å². The molecule has 3 aromatic heterocycles. The molecule has 0 saturated heterocycles. The highest BCUT2D eigenvalue weighted by molar-refractivity contribution is 5.89. The first-order chi connectivity index (χ1) is 8.35. The van der Waals surface area contributed by atoms with Crippen molar-refractivity contribution in [2.75, 3.05) is 0 Å². The molecule has 3 rings (SSSR count). The van der Waals surface area contributed by atoms with E-state index in [1.807, 2.05) is 38.4 Å². The molecule has 0 spiro atoms. The Kier molecular flexibility index (Phi) is 5.27. The Labute approximate surface area is 102 Å². The number of nitrogens with zero attached hydrogens (tertiary/aromatic N) is 1. The molecule has 0 unspecified atom stereocenters. The largest absolute Gasteiger partial charge is 0.346 e. The number of hydrogen-bond acceptors (Lipinski definition) is 1. The molecule has 0 atom stereocenters. The van der Waals surface area contributed by atoms with Crippen LogP contribution in [-0.2, 0) is 0 Å². The fourth-order valence-corrected chi connectivity index (χ4v) is 1.45. The molecule has 0 aromatic carbocycles. The van der Waals surface area contributed by atoms with Crippen molar-refractivity contribution in [1.82, 2.24) is 15.0 Å². The molecule has 2 N–H and O–H groups in total. The molecule has 92 valence electrons. The van der Waals surface area contributed by atoms with Crippen molar-refractivity contribution in [3.05, 3.63) is 30.6 Å². The maximum atomic E-state index is 4.39. The monoisotopic (exact) mass is 231 g/mol. The average molecular weight is 231 g/mol. The van der Waals surface area contributed by atoms with Gasteiger partial charge in [0.1, 0.15) is 11.3 Å². The number of aromatic nitrogens is 3. The third kappa shape index (κ3) is 3.09. The first-order valence-electron chi connectivity index (χ1n) is 6.26. The second-order valence-corrected chi connectivity index (χ2v) is 3.53. The highest BCUT2D eigenvalue weighted by Crippen LogP contribution is 2.16. The fraction of sp³-hybridized carbons (Fsp3) is 0.357. The zero-order chi connectivity index (χ0) is 12.7. The van der Waals surface area contributed by atoms with E-state index in [4.69, 9.17) is 0 Å². The van der Waals surface area contributed by atoms with Gasteiger partial charge in [0.2, 0.25) is 0 Å². The third-order valence-corrected chi connectivity index (χ3v) is 2.05. The number of aromatic amines is 2. The Morgan fingerprint density at radius 3 is 1.76 bits per heavy atom. The van der Waals surface area contributed by atoms with Crippen LogP contribution in [0.25, 0.3) is 22.1 Å². The first-order valence-corrected chi connectivity index (χ1v) is 6.26. The number of fused-ring (bicyclic) bond motifs is 2. The minimum atomic E-state index is 0.935. The van der Waals surface area contributed by atoms with Gasteiger partial charge in [-0.05, 0) is 18.2 Å². The van der Waals surface area contributed by atoms with Crippen LogP contribution in [0.2, 0.25) is 0 Å². The highest BCUT2D eigenvalue weighted by atomic mass is 14.9. The Hall–Kier alpha value is -1.77. The van der Waals surface area contributed by atoms with Gasteiger partial charge in [-0.1, -0.05) is 34.1 Å². The van der Waals surface area contributed by atoms with Crippen molar-refractivity contribution in [3.63, 3.8) is 0 Å². The van der Waals surface area contributed by atoms with Crippen molar-refractivity contribution >= 4 is 22.1 Å². The van der Waals surface area contributed by atoms with Gasteiger partial charge in [0.25, 0.3) is 0 Å². The third-order valence-electron chi connectivity index (χ3n) is 2.05. The molecule has 0 amide bonds. The zero-order valence-electron chi connectivity index (χ0n) is 11.0. The normalized spacial score (nSPS) is 9.41. The minimum Gasteiger partial charge on any atom is -0.346 e. The molecular formula is C14H21N3. The molecule has 3 nitrogen and oxygen atoms in total. The van der Waals surface area contributed by atoms with Crippen LogP contribution >= 0.6 is 0 Å². The van der Waals surface area contributed by atoms with Crippen LogP contribution in [0.3, 0.4) is 0 Å². The summed E-state index contributed by atoms with van der Waals surface area (Å²) in [6, 6.07) is 6.16.